The van der Waals surface area contributed by atoms with Crippen LogP contribution in [0.1, 0.15) is 35.2 Å². The van der Waals surface area contributed by atoms with Crippen LogP contribution in [-0.4, -0.2) is 26.1 Å². The second kappa shape index (κ2) is 9.65. The highest BCUT2D eigenvalue weighted by molar-refractivity contribution is 9.10. The standard InChI is InChI=1S/C21H24BrN5O2/c1-14-9-17(22)13-24-18(14)5-3-4-7-23-21-25-12-16(20(29)26-21)10-15-6-8-27(2)19(28)11-15/h6,8-9,11-13H,3-5,7,10H2,1-2H3,(H2,23,25,26,29). The van der Waals surface area contributed by atoms with Gasteiger partial charge in [-0.25, -0.2) is 4.98 Å². The second-order valence-electron chi connectivity index (χ2n) is 7.05. The highest BCUT2D eigenvalue weighted by Gasteiger charge is 2.06. The van der Waals surface area contributed by atoms with Gasteiger partial charge < -0.3 is 9.88 Å². The van der Waals surface area contributed by atoms with Gasteiger partial charge in [-0.1, -0.05) is 0 Å². The number of unbranched alkanes of at least 4 members (excludes halogenated alkanes) is 1. The first-order valence-electron chi connectivity index (χ1n) is 9.51. The molecule has 0 spiro atoms. The zero-order valence-corrected chi connectivity index (χ0v) is 18.1. The van der Waals surface area contributed by atoms with E-state index in [-0.39, 0.29) is 11.1 Å². The predicted octanol–water partition coefficient (Wildman–Crippen LogP) is 2.96. The Bertz CT molecular complexity index is 1110. The van der Waals surface area contributed by atoms with Gasteiger partial charge in [0.05, 0.1) is 0 Å². The normalized spacial score (nSPS) is 10.9. The van der Waals surface area contributed by atoms with Crippen molar-refractivity contribution in [3.8, 4) is 0 Å². The third-order valence-electron chi connectivity index (χ3n) is 4.72. The maximum absolute atomic E-state index is 12.3. The molecule has 29 heavy (non-hydrogen) atoms. The summed E-state index contributed by atoms with van der Waals surface area (Å²) in [6, 6.07) is 5.44. The van der Waals surface area contributed by atoms with Gasteiger partial charge in [0.15, 0.2) is 0 Å². The zero-order chi connectivity index (χ0) is 20.8. The molecule has 0 radical (unpaired) electrons. The molecule has 2 N–H and O–H groups in total. The Morgan fingerprint density at radius 1 is 1.17 bits per heavy atom. The Balaban J connectivity index is 1.49. The number of hydrogen-bond donors (Lipinski definition) is 2. The molecule has 0 bridgehead atoms. The molecule has 0 amide bonds. The molecule has 3 aromatic heterocycles. The van der Waals surface area contributed by atoms with Crippen LogP contribution in [0.2, 0.25) is 0 Å². The van der Waals surface area contributed by atoms with E-state index >= 15 is 0 Å². The lowest BCUT2D eigenvalue weighted by Crippen LogP contribution is -2.19. The topological polar surface area (TPSA) is 92.7 Å². The number of aromatic nitrogens is 4. The number of rotatable bonds is 8. The van der Waals surface area contributed by atoms with Gasteiger partial charge in [-0.15, -0.1) is 0 Å². The van der Waals surface area contributed by atoms with E-state index in [1.54, 1.807) is 19.4 Å². The van der Waals surface area contributed by atoms with E-state index in [4.69, 9.17) is 0 Å². The Morgan fingerprint density at radius 2 is 2.00 bits per heavy atom. The highest BCUT2D eigenvalue weighted by Crippen LogP contribution is 2.14. The smallest absolute Gasteiger partial charge is 0.255 e. The minimum atomic E-state index is -0.196. The number of hydrogen-bond acceptors (Lipinski definition) is 5. The van der Waals surface area contributed by atoms with Crippen molar-refractivity contribution >= 4 is 21.9 Å². The average Bonchev–Trinajstić information content (AvgIpc) is 2.68. The molecule has 0 aliphatic carbocycles. The fourth-order valence-corrected chi connectivity index (χ4v) is 3.46. The van der Waals surface area contributed by atoms with Gasteiger partial charge in [0.25, 0.3) is 11.1 Å². The Morgan fingerprint density at radius 3 is 2.72 bits per heavy atom. The lowest BCUT2D eigenvalue weighted by Gasteiger charge is -2.08. The molecule has 0 atom stereocenters. The van der Waals surface area contributed by atoms with Gasteiger partial charge in [0.2, 0.25) is 5.95 Å². The Hall–Kier alpha value is -2.74. The summed E-state index contributed by atoms with van der Waals surface area (Å²) < 4.78 is 2.49. The van der Waals surface area contributed by atoms with Crippen LogP contribution in [0.5, 0.6) is 0 Å². The summed E-state index contributed by atoms with van der Waals surface area (Å²) >= 11 is 3.43. The number of H-pyrrole nitrogens is 1. The van der Waals surface area contributed by atoms with Gasteiger partial charge in [0, 0.05) is 60.4 Å². The van der Waals surface area contributed by atoms with Gasteiger partial charge in [-0.2, -0.15) is 0 Å². The number of anilines is 1. The van der Waals surface area contributed by atoms with E-state index < -0.39 is 0 Å². The predicted molar refractivity (Wildman–Crippen MR) is 117 cm³/mol. The largest absolute Gasteiger partial charge is 0.356 e. The lowest BCUT2D eigenvalue weighted by atomic mass is 10.1. The van der Waals surface area contributed by atoms with E-state index in [9.17, 15) is 9.59 Å². The van der Waals surface area contributed by atoms with Crippen molar-refractivity contribution in [1.29, 1.82) is 0 Å². The number of aromatic amines is 1. The fraction of sp³-hybridized carbons (Fsp3) is 0.333. The molecule has 8 heteroatoms. The van der Waals surface area contributed by atoms with Crippen LogP contribution in [0.15, 0.2) is 50.9 Å². The summed E-state index contributed by atoms with van der Waals surface area (Å²) in [5.74, 6) is 0.459. The van der Waals surface area contributed by atoms with Gasteiger partial charge in [0.1, 0.15) is 0 Å². The van der Waals surface area contributed by atoms with E-state index in [1.807, 2.05) is 12.3 Å². The molecule has 0 fully saturated rings. The molecular weight excluding hydrogens is 434 g/mol. The van der Waals surface area contributed by atoms with Crippen LogP contribution >= 0.6 is 15.9 Å². The number of pyridine rings is 2. The van der Waals surface area contributed by atoms with Crippen LogP contribution in [0.25, 0.3) is 0 Å². The van der Waals surface area contributed by atoms with Crippen molar-refractivity contribution in [2.45, 2.75) is 32.6 Å². The molecule has 3 rings (SSSR count). The zero-order valence-electron chi connectivity index (χ0n) is 16.5. The van der Waals surface area contributed by atoms with Crippen LogP contribution in [0, 0.1) is 6.92 Å². The number of aryl methyl sites for hydroxylation is 3. The first-order valence-corrected chi connectivity index (χ1v) is 10.3. The summed E-state index contributed by atoms with van der Waals surface area (Å²) in [6.45, 7) is 2.78. The van der Waals surface area contributed by atoms with Crippen LogP contribution < -0.4 is 16.4 Å². The van der Waals surface area contributed by atoms with Crippen molar-refractivity contribution in [1.82, 2.24) is 19.5 Å². The quantitative estimate of drug-likeness (QED) is 0.507. The fourth-order valence-electron chi connectivity index (χ4n) is 3.01. The van der Waals surface area contributed by atoms with Gasteiger partial charge >= 0.3 is 0 Å². The molecule has 3 aromatic rings. The summed E-state index contributed by atoms with van der Waals surface area (Å²) in [4.78, 5) is 35.5. The molecule has 0 aliphatic heterocycles. The highest BCUT2D eigenvalue weighted by atomic mass is 79.9. The molecule has 0 saturated heterocycles. The van der Waals surface area contributed by atoms with Gasteiger partial charge in [-0.3, -0.25) is 19.6 Å². The molecule has 0 aromatic carbocycles. The van der Waals surface area contributed by atoms with Crippen molar-refractivity contribution in [2.75, 3.05) is 11.9 Å². The summed E-state index contributed by atoms with van der Waals surface area (Å²) in [7, 11) is 1.69. The molecule has 0 aliphatic rings. The summed E-state index contributed by atoms with van der Waals surface area (Å²) in [5, 5.41) is 3.16. The summed E-state index contributed by atoms with van der Waals surface area (Å²) in [5.41, 5.74) is 3.32. The van der Waals surface area contributed by atoms with Crippen molar-refractivity contribution in [2.24, 2.45) is 7.05 Å². The SMILES string of the molecule is Cc1cc(Br)cnc1CCCCNc1ncc(Cc2ccn(C)c(=O)c2)c(=O)[nH]1. The van der Waals surface area contributed by atoms with Crippen LogP contribution in [0.3, 0.4) is 0 Å². The van der Waals surface area contributed by atoms with Crippen LogP contribution in [0.4, 0.5) is 5.95 Å². The Kier molecular flexibility index (Phi) is 6.98. The molecule has 152 valence electrons. The summed E-state index contributed by atoms with van der Waals surface area (Å²) in [6.07, 6.45) is 8.31. The van der Waals surface area contributed by atoms with E-state index in [0.717, 1.165) is 35.0 Å². The van der Waals surface area contributed by atoms with E-state index in [0.29, 0.717) is 24.5 Å². The van der Waals surface area contributed by atoms with Crippen molar-refractivity contribution in [3.05, 3.63) is 84.4 Å². The first-order chi connectivity index (χ1) is 13.9. The first kappa shape index (κ1) is 21.0. The van der Waals surface area contributed by atoms with Crippen molar-refractivity contribution in [3.63, 3.8) is 0 Å². The average molecular weight is 458 g/mol. The molecule has 3 heterocycles. The molecular formula is C21H24BrN5O2. The maximum Gasteiger partial charge on any atom is 0.255 e. The lowest BCUT2D eigenvalue weighted by molar-refractivity contribution is 0.741. The number of nitrogens with one attached hydrogen (secondary N) is 2. The third kappa shape index (κ3) is 5.87. The number of nitrogens with zero attached hydrogens (tertiary/aromatic N) is 3. The minimum Gasteiger partial charge on any atom is -0.356 e. The van der Waals surface area contributed by atoms with Crippen LogP contribution in [-0.2, 0) is 19.9 Å². The van der Waals surface area contributed by atoms with E-state index in [1.165, 1.54) is 16.2 Å². The maximum atomic E-state index is 12.3. The molecule has 0 unspecified atom stereocenters. The Labute approximate surface area is 177 Å². The van der Waals surface area contributed by atoms with Crippen molar-refractivity contribution < 1.29 is 0 Å². The monoisotopic (exact) mass is 457 g/mol. The third-order valence-corrected chi connectivity index (χ3v) is 5.16. The number of halogens is 1. The second-order valence-corrected chi connectivity index (χ2v) is 7.96. The molecule has 0 saturated carbocycles. The minimum absolute atomic E-state index is 0.0984. The van der Waals surface area contributed by atoms with E-state index in [2.05, 4.69) is 49.2 Å². The molecule has 7 nitrogen and oxygen atoms in total. The van der Waals surface area contributed by atoms with Gasteiger partial charge in [-0.05, 0) is 65.4 Å².